The van der Waals surface area contributed by atoms with E-state index in [0.29, 0.717) is 11.1 Å². The first-order valence-electron chi connectivity index (χ1n) is 8.57. The summed E-state index contributed by atoms with van der Waals surface area (Å²) in [5, 5.41) is 13.0. The largest absolute Gasteiger partial charge is 0.416 e. The molecule has 2 amide bonds. The monoisotopic (exact) mass is 398 g/mol. The number of alkyl halides is 3. The Morgan fingerprint density at radius 3 is 2.38 bits per heavy atom. The molecule has 8 heteroatoms. The summed E-state index contributed by atoms with van der Waals surface area (Å²) in [7, 11) is 0. The molecule has 0 aliphatic carbocycles. The minimum Gasteiger partial charge on any atom is -0.295 e. The number of halogens is 3. The van der Waals surface area contributed by atoms with E-state index in [1.165, 1.54) is 26.0 Å². The number of allylic oxidation sites excluding steroid dienone is 1. The van der Waals surface area contributed by atoms with Gasteiger partial charge in [-0.1, -0.05) is 18.2 Å². The fourth-order valence-electron chi connectivity index (χ4n) is 3.25. The van der Waals surface area contributed by atoms with Gasteiger partial charge in [-0.2, -0.15) is 18.4 Å². The molecule has 0 bridgehead atoms. The standard InChI is InChI=1S/C21H15F3N3O2/c1-12-18(13(2)28)19(15-8-6-14(11-25)7-9-15)26-20(29)27(12)17-5-3-4-16(10-17)21(22,23)24/h3-10,19H,1-2H3. The number of carbonyl (C=O) groups excluding carboxylic acids is 2. The number of anilines is 1. The zero-order valence-electron chi connectivity index (χ0n) is 15.5. The molecule has 3 rings (SSSR count). The van der Waals surface area contributed by atoms with Crippen LogP contribution in [0.5, 0.6) is 0 Å². The Morgan fingerprint density at radius 2 is 1.83 bits per heavy atom. The summed E-state index contributed by atoms with van der Waals surface area (Å²) in [6.45, 7) is 2.81. The molecule has 0 aromatic heterocycles. The second-order valence-electron chi connectivity index (χ2n) is 6.49. The Hall–Kier alpha value is -3.60. The van der Waals surface area contributed by atoms with E-state index in [-0.39, 0.29) is 22.7 Å². The van der Waals surface area contributed by atoms with E-state index in [9.17, 15) is 22.8 Å². The summed E-state index contributed by atoms with van der Waals surface area (Å²) in [6, 6.07) is 10.9. The van der Waals surface area contributed by atoms with Crippen LogP contribution in [0.3, 0.4) is 0 Å². The van der Waals surface area contributed by atoms with Gasteiger partial charge < -0.3 is 0 Å². The van der Waals surface area contributed by atoms with Crippen molar-refractivity contribution in [1.82, 2.24) is 5.32 Å². The zero-order valence-corrected chi connectivity index (χ0v) is 15.5. The van der Waals surface area contributed by atoms with Gasteiger partial charge in [0.05, 0.1) is 22.9 Å². The number of benzene rings is 2. The van der Waals surface area contributed by atoms with Gasteiger partial charge in [-0.3, -0.25) is 9.69 Å². The quantitative estimate of drug-likeness (QED) is 0.750. The summed E-state index contributed by atoms with van der Waals surface area (Å²) in [5.41, 5.74) is 0.423. The molecule has 147 valence electrons. The van der Waals surface area contributed by atoms with E-state index in [2.05, 4.69) is 5.32 Å². The maximum atomic E-state index is 13.1. The van der Waals surface area contributed by atoms with Crippen molar-refractivity contribution < 1.29 is 22.8 Å². The van der Waals surface area contributed by atoms with Crippen LogP contribution < -0.4 is 10.2 Å². The van der Waals surface area contributed by atoms with E-state index >= 15 is 0 Å². The number of amides is 2. The van der Waals surface area contributed by atoms with Crippen LogP contribution in [0.25, 0.3) is 0 Å². The van der Waals surface area contributed by atoms with Crippen LogP contribution in [0, 0.1) is 11.3 Å². The average Bonchev–Trinajstić information content (AvgIpc) is 2.67. The average molecular weight is 398 g/mol. The van der Waals surface area contributed by atoms with Crippen LogP contribution in [-0.2, 0) is 11.0 Å². The highest BCUT2D eigenvalue weighted by Gasteiger charge is 2.37. The van der Waals surface area contributed by atoms with Gasteiger partial charge in [-0.25, -0.2) is 10.1 Å². The van der Waals surface area contributed by atoms with E-state index in [1.54, 1.807) is 24.3 Å². The van der Waals surface area contributed by atoms with Gasteiger partial charge >= 0.3 is 12.2 Å². The van der Waals surface area contributed by atoms with Crippen molar-refractivity contribution in [3.8, 4) is 6.07 Å². The normalized spacial score (nSPS) is 17.0. The van der Waals surface area contributed by atoms with Gasteiger partial charge in [0.2, 0.25) is 0 Å². The summed E-state index contributed by atoms with van der Waals surface area (Å²) in [5.74, 6) is -0.356. The zero-order chi connectivity index (χ0) is 21.3. The number of nitriles is 1. The second-order valence-corrected chi connectivity index (χ2v) is 6.49. The van der Waals surface area contributed by atoms with E-state index < -0.39 is 23.8 Å². The predicted octanol–water partition coefficient (Wildman–Crippen LogP) is 4.73. The number of carbonyl (C=O) groups is 2. The lowest BCUT2D eigenvalue weighted by atomic mass is 9.91. The third kappa shape index (κ3) is 3.85. The highest BCUT2D eigenvalue weighted by Crippen LogP contribution is 2.37. The van der Waals surface area contributed by atoms with Gasteiger partial charge in [0, 0.05) is 11.3 Å². The lowest BCUT2D eigenvalue weighted by Crippen LogP contribution is -2.44. The van der Waals surface area contributed by atoms with Crippen LogP contribution in [0.1, 0.15) is 36.6 Å². The molecule has 0 fully saturated rings. The summed E-state index contributed by atoms with van der Waals surface area (Å²) >= 11 is 0. The van der Waals surface area contributed by atoms with Crippen LogP contribution in [0.15, 0.2) is 59.8 Å². The molecule has 1 heterocycles. The number of nitrogens with zero attached hydrogens (tertiary/aromatic N) is 3. The third-order valence-corrected chi connectivity index (χ3v) is 4.60. The van der Waals surface area contributed by atoms with Gasteiger partial charge in [-0.15, -0.1) is 0 Å². The molecule has 0 saturated heterocycles. The Morgan fingerprint density at radius 1 is 1.17 bits per heavy atom. The van der Waals surface area contributed by atoms with Crippen LogP contribution in [0.2, 0.25) is 0 Å². The van der Waals surface area contributed by atoms with Gasteiger partial charge in [0.15, 0.2) is 5.78 Å². The maximum Gasteiger partial charge on any atom is 0.416 e. The van der Waals surface area contributed by atoms with Crippen molar-refractivity contribution in [1.29, 1.82) is 5.26 Å². The molecule has 1 aliphatic rings. The molecule has 2 aromatic rings. The predicted molar refractivity (Wildman–Crippen MR) is 98.7 cm³/mol. The fourth-order valence-corrected chi connectivity index (χ4v) is 3.25. The van der Waals surface area contributed by atoms with Crippen molar-refractivity contribution in [2.75, 3.05) is 4.90 Å². The van der Waals surface area contributed by atoms with Crippen LogP contribution >= 0.6 is 0 Å². The Bertz CT molecular complexity index is 1050. The third-order valence-electron chi connectivity index (χ3n) is 4.60. The summed E-state index contributed by atoms with van der Waals surface area (Å²) in [6.07, 6.45) is -4.57. The highest BCUT2D eigenvalue weighted by atomic mass is 19.4. The first-order chi connectivity index (χ1) is 13.6. The van der Waals surface area contributed by atoms with E-state index in [0.717, 1.165) is 17.0 Å². The molecular weight excluding hydrogens is 383 g/mol. The van der Waals surface area contributed by atoms with Crippen molar-refractivity contribution in [2.45, 2.75) is 26.1 Å². The molecule has 29 heavy (non-hydrogen) atoms. The summed E-state index contributed by atoms with van der Waals surface area (Å²) in [4.78, 5) is 26.1. The van der Waals surface area contributed by atoms with Crippen molar-refractivity contribution in [3.05, 3.63) is 76.5 Å². The van der Waals surface area contributed by atoms with Gasteiger partial charge in [0.1, 0.15) is 6.04 Å². The molecule has 0 spiro atoms. The topological polar surface area (TPSA) is 75.3 Å². The van der Waals surface area contributed by atoms with Crippen LogP contribution in [0.4, 0.5) is 23.7 Å². The van der Waals surface area contributed by atoms with Crippen LogP contribution in [-0.4, -0.2) is 11.8 Å². The number of urea groups is 1. The van der Waals surface area contributed by atoms with Gasteiger partial charge in [0.25, 0.3) is 0 Å². The fraction of sp³-hybridized carbons (Fsp3) is 0.190. The molecular formula is C21H15F3N3O2. The molecule has 1 radical (unpaired) electrons. The molecule has 0 N–H and O–H groups in total. The first-order valence-corrected chi connectivity index (χ1v) is 8.57. The Labute approximate surface area is 165 Å². The Kier molecular flexibility index (Phi) is 5.16. The van der Waals surface area contributed by atoms with Gasteiger partial charge in [-0.05, 0) is 49.7 Å². The van der Waals surface area contributed by atoms with E-state index in [4.69, 9.17) is 5.26 Å². The Balaban J connectivity index is 2.10. The highest BCUT2D eigenvalue weighted by molar-refractivity contribution is 6.04. The van der Waals surface area contributed by atoms with E-state index in [1.807, 2.05) is 6.07 Å². The smallest absolute Gasteiger partial charge is 0.295 e. The lowest BCUT2D eigenvalue weighted by Gasteiger charge is -2.34. The minimum absolute atomic E-state index is 0.0249. The number of ketones is 1. The number of hydrogen-bond donors (Lipinski definition) is 0. The molecule has 5 nitrogen and oxygen atoms in total. The van der Waals surface area contributed by atoms with Crippen molar-refractivity contribution in [2.24, 2.45) is 0 Å². The summed E-state index contributed by atoms with van der Waals surface area (Å²) < 4.78 is 39.2. The first kappa shape index (κ1) is 20.1. The molecule has 1 unspecified atom stereocenters. The number of hydrogen-bond acceptors (Lipinski definition) is 3. The maximum absolute atomic E-state index is 13.1. The minimum atomic E-state index is -4.57. The SMILES string of the molecule is CC(=O)C1=C(C)N(c2cccc(C(F)(F)F)c2)C(=O)[N]C1c1ccc(C#N)cc1. The molecule has 1 aliphatic heterocycles. The van der Waals surface area contributed by atoms with Crippen molar-refractivity contribution in [3.63, 3.8) is 0 Å². The molecule has 2 aromatic carbocycles. The molecule has 1 atom stereocenters. The van der Waals surface area contributed by atoms with Crippen molar-refractivity contribution >= 4 is 17.5 Å². The number of rotatable bonds is 3. The second kappa shape index (κ2) is 7.43. The molecule has 0 saturated carbocycles. The lowest BCUT2D eigenvalue weighted by molar-refractivity contribution is -0.137. The number of Topliss-reactive ketones (excluding diaryl/α,β-unsaturated/α-hetero) is 1.